The third kappa shape index (κ3) is 8.47. The van der Waals surface area contributed by atoms with Crippen molar-refractivity contribution in [2.75, 3.05) is 13.2 Å². The van der Waals surface area contributed by atoms with E-state index in [1.165, 1.54) is 0 Å². The normalized spacial score (nSPS) is 11.4. The standard InChI is InChI=1S/C23H30N4O4/c1-2-31-22(29)13-12-20(26-21(28)14-15-27(25)23(24)30)16-17-8-10-19(11-9-17)18-6-4-3-5-7-18/h3-11,20H,2,12-16,25H2,1H3,(H2,24,30)(H,26,28). The summed E-state index contributed by atoms with van der Waals surface area (Å²) in [5, 5.41) is 3.71. The van der Waals surface area contributed by atoms with Crippen molar-refractivity contribution in [2.45, 2.75) is 38.6 Å². The van der Waals surface area contributed by atoms with Crippen molar-refractivity contribution in [1.82, 2.24) is 10.3 Å². The molecule has 0 spiro atoms. The van der Waals surface area contributed by atoms with Crippen LogP contribution in [-0.4, -0.2) is 42.1 Å². The summed E-state index contributed by atoms with van der Waals surface area (Å²) in [6.07, 6.45) is 1.21. The van der Waals surface area contributed by atoms with Crippen molar-refractivity contribution < 1.29 is 19.1 Å². The van der Waals surface area contributed by atoms with Crippen LogP contribution in [0.3, 0.4) is 0 Å². The number of esters is 1. The summed E-state index contributed by atoms with van der Waals surface area (Å²) in [7, 11) is 0. The van der Waals surface area contributed by atoms with Crippen LogP contribution >= 0.6 is 0 Å². The highest BCUT2D eigenvalue weighted by Crippen LogP contribution is 2.20. The van der Waals surface area contributed by atoms with E-state index in [1.807, 2.05) is 54.6 Å². The highest BCUT2D eigenvalue weighted by atomic mass is 16.5. The van der Waals surface area contributed by atoms with Crippen molar-refractivity contribution in [3.05, 3.63) is 60.2 Å². The number of amides is 3. The van der Waals surface area contributed by atoms with Crippen LogP contribution in [0.2, 0.25) is 0 Å². The van der Waals surface area contributed by atoms with Gasteiger partial charge in [0.05, 0.1) is 6.61 Å². The topological polar surface area (TPSA) is 128 Å². The molecule has 0 aromatic heterocycles. The average molecular weight is 427 g/mol. The fourth-order valence-electron chi connectivity index (χ4n) is 3.13. The number of hydrazine groups is 1. The van der Waals surface area contributed by atoms with E-state index < -0.39 is 6.03 Å². The summed E-state index contributed by atoms with van der Waals surface area (Å²) in [6.45, 7) is 2.08. The number of ether oxygens (including phenoxy) is 1. The maximum absolute atomic E-state index is 12.3. The molecule has 0 heterocycles. The molecule has 0 fully saturated rings. The molecule has 0 aliphatic rings. The lowest BCUT2D eigenvalue weighted by Crippen LogP contribution is -2.44. The van der Waals surface area contributed by atoms with Crippen LogP contribution in [0.5, 0.6) is 0 Å². The van der Waals surface area contributed by atoms with Gasteiger partial charge < -0.3 is 15.8 Å². The number of rotatable bonds is 11. The molecule has 8 heteroatoms. The second-order valence-electron chi connectivity index (χ2n) is 7.16. The first kappa shape index (κ1) is 23.9. The Morgan fingerprint density at radius 2 is 1.65 bits per heavy atom. The smallest absolute Gasteiger partial charge is 0.328 e. The molecule has 0 aliphatic heterocycles. The Hall–Kier alpha value is -3.39. The van der Waals surface area contributed by atoms with Gasteiger partial charge in [0.15, 0.2) is 0 Å². The van der Waals surface area contributed by atoms with E-state index in [1.54, 1.807) is 6.92 Å². The molecule has 2 rings (SSSR count). The number of carbonyl (C=O) groups is 3. The largest absolute Gasteiger partial charge is 0.466 e. The molecule has 5 N–H and O–H groups in total. The van der Waals surface area contributed by atoms with Crippen LogP contribution in [0, 0.1) is 0 Å². The van der Waals surface area contributed by atoms with Crippen LogP contribution < -0.4 is 16.9 Å². The predicted octanol–water partition coefficient (Wildman–Crippen LogP) is 2.37. The maximum Gasteiger partial charge on any atom is 0.328 e. The van der Waals surface area contributed by atoms with Crippen molar-refractivity contribution in [1.29, 1.82) is 0 Å². The van der Waals surface area contributed by atoms with Gasteiger partial charge >= 0.3 is 12.0 Å². The van der Waals surface area contributed by atoms with Crippen molar-refractivity contribution in [3.63, 3.8) is 0 Å². The molecule has 1 atom stereocenters. The van der Waals surface area contributed by atoms with Gasteiger partial charge in [0, 0.05) is 25.4 Å². The third-order valence-corrected chi connectivity index (χ3v) is 4.77. The first-order chi connectivity index (χ1) is 14.9. The van der Waals surface area contributed by atoms with Crippen LogP contribution in [0.1, 0.15) is 31.7 Å². The minimum absolute atomic E-state index is 0.0114. The molecule has 0 bridgehead atoms. The molecule has 2 aromatic carbocycles. The summed E-state index contributed by atoms with van der Waals surface area (Å²) in [5.41, 5.74) is 8.33. The molecule has 8 nitrogen and oxygen atoms in total. The lowest BCUT2D eigenvalue weighted by Gasteiger charge is -2.20. The minimum atomic E-state index is -0.801. The first-order valence-electron chi connectivity index (χ1n) is 10.3. The van der Waals surface area contributed by atoms with E-state index in [0.29, 0.717) is 19.4 Å². The Bertz CT molecular complexity index is 856. The van der Waals surface area contributed by atoms with E-state index in [4.69, 9.17) is 16.3 Å². The molecule has 0 aliphatic carbocycles. The van der Waals surface area contributed by atoms with Crippen molar-refractivity contribution in [2.24, 2.45) is 11.6 Å². The van der Waals surface area contributed by atoms with E-state index in [-0.39, 0.29) is 37.3 Å². The third-order valence-electron chi connectivity index (χ3n) is 4.77. The van der Waals surface area contributed by atoms with Gasteiger partial charge in [0.25, 0.3) is 0 Å². The summed E-state index contributed by atoms with van der Waals surface area (Å²) in [6, 6.07) is 17.1. The molecule has 3 amide bonds. The Morgan fingerprint density at radius 3 is 2.26 bits per heavy atom. The lowest BCUT2D eigenvalue weighted by atomic mass is 9.98. The molecule has 31 heavy (non-hydrogen) atoms. The van der Waals surface area contributed by atoms with Crippen LogP contribution in [0.4, 0.5) is 4.79 Å². The van der Waals surface area contributed by atoms with E-state index in [0.717, 1.165) is 21.7 Å². The number of nitrogens with zero attached hydrogens (tertiary/aromatic N) is 1. The SMILES string of the molecule is CCOC(=O)CCC(Cc1ccc(-c2ccccc2)cc1)NC(=O)CCN(N)C(N)=O. The highest BCUT2D eigenvalue weighted by Gasteiger charge is 2.17. The molecular weight excluding hydrogens is 396 g/mol. The number of nitrogens with two attached hydrogens (primary N) is 2. The Balaban J connectivity index is 2.00. The molecule has 2 aromatic rings. The van der Waals surface area contributed by atoms with E-state index >= 15 is 0 Å². The predicted molar refractivity (Wildman–Crippen MR) is 118 cm³/mol. The molecule has 166 valence electrons. The second-order valence-corrected chi connectivity index (χ2v) is 7.16. The van der Waals surface area contributed by atoms with Gasteiger partial charge in [-0.1, -0.05) is 54.6 Å². The van der Waals surface area contributed by atoms with Gasteiger partial charge in [0.1, 0.15) is 0 Å². The van der Waals surface area contributed by atoms with Crippen LogP contribution in [0.15, 0.2) is 54.6 Å². The minimum Gasteiger partial charge on any atom is -0.466 e. The maximum atomic E-state index is 12.3. The van der Waals surface area contributed by atoms with Crippen LogP contribution in [0.25, 0.3) is 11.1 Å². The van der Waals surface area contributed by atoms with Gasteiger partial charge in [0.2, 0.25) is 5.91 Å². The molecule has 1 unspecified atom stereocenters. The number of nitrogens with one attached hydrogen (secondary N) is 1. The number of hydrogen-bond acceptors (Lipinski definition) is 5. The summed E-state index contributed by atoms with van der Waals surface area (Å²) in [4.78, 5) is 35.1. The number of carbonyl (C=O) groups excluding carboxylic acids is 3. The highest BCUT2D eigenvalue weighted by molar-refractivity contribution is 5.78. The zero-order valence-electron chi connectivity index (χ0n) is 17.8. The summed E-state index contributed by atoms with van der Waals surface area (Å²) >= 11 is 0. The quantitative estimate of drug-likeness (QED) is 0.220. The summed E-state index contributed by atoms with van der Waals surface area (Å²) in [5.74, 6) is 4.86. The monoisotopic (exact) mass is 426 g/mol. The van der Waals surface area contributed by atoms with Gasteiger partial charge in [-0.3, -0.25) is 14.6 Å². The molecule has 0 radical (unpaired) electrons. The number of benzene rings is 2. The fraction of sp³-hybridized carbons (Fsp3) is 0.348. The van der Waals surface area contributed by atoms with Crippen LogP contribution in [-0.2, 0) is 20.7 Å². The fourth-order valence-corrected chi connectivity index (χ4v) is 3.13. The second kappa shape index (κ2) is 12.3. The number of urea groups is 1. The van der Waals surface area contributed by atoms with E-state index in [2.05, 4.69) is 5.32 Å². The van der Waals surface area contributed by atoms with Gasteiger partial charge in [-0.05, 0) is 36.5 Å². The Kier molecular flexibility index (Phi) is 9.51. The van der Waals surface area contributed by atoms with E-state index in [9.17, 15) is 14.4 Å². The lowest BCUT2D eigenvalue weighted by molar-refractivity contribution is -0.143. The Labute approximate surface area is 182 Å². The number of hydrogen-bond donors (Lipinski definition) is 3. The van der Waals surface area contributed by atoms with Gasteiger partial charge in [-0.15, -0.1) is 0 Å². The summed E-state index contributed by atoms with van der Waals surface area (Å²) < 4.78 is 4.99. The molecular formula is C23H30N4O4. The van der Waals surface area contributed by atoms with Crippen molar-refractivity contribution >= 4 is 17.9 Å². The van der Waals surface area contributed by atoms with Gasteiger partial charge in [-0.2, -0.15) is 0 Å². The number of primary amides is 1. The zero-order valence-corrected chi connectivity index (χ0v) is 17.8. The Morgan fingerprint density at radius 1 is 1.00 bits per heavy atom. The first-order valence-corrected chi connectivity index (χ1v) is 10.3. The van der Waals surface area contributed by atoms with Crippen molar-refractivity contribution in [3.8, 4) is 11.1 Å². The zero-order chi connectivity index (χ0) is 22.6. The molecule has 0 saturated carbocycles. The van der Waals surface area contributed by atoms with Gasteiger partial charge in [-0.25, -0.2) is 10.6 Å². The molecule has 0 saturated heterocycles. The average Bonchev–Trinajstić information content (AvgIpc) is 2.77.